The van der Waals surface area contributed by atoms with E-state index in [0.717, 1.165) is 5.69 Å². The molecule has 0 aliphatic rings. The molecule has 3 heteroatoms. The predicted molar refractivity (Wildman–Crippen MR) is 244 cm³/mol. The molecule has 12 rings (SSSR count). The van der Waals surface area contributed by atoms with Crippen LogP contribution < -0.4 is 0 Å². The quantitative estimate of drug-likeness (QED) is 0.166. The van der Waals surface area contributed by atoms with E-state index in [9.17, 15) is 0 Å². The van der Waals surface area contributed by atoms with Gasteiger partial charge in [-0.25, -0.2) is 0 Å². The van der Waals surface area contributed by atoms with Crippen molar-refractivity contribution in [3.05, 3.63) is 206 Å². The summed E-state index contributed by atoms with van der Waals surface area (Å²) in [5.74, 6) is 0. The minimum atomic E-state index is 1.16. The third kappa shape index (κ3) is 4.89. The van der Waals surface area contributed by atoms with Gasteiger partial charge in [-0.3, -0.25) is 0 Å². The van der Waals surface area contributed by atoms with Crippen molar-refractivity contribution in [2.45, 2.75) is 0 Å². The standard InChI is InChI=1S/C54H34N2S/c1-4-15-35(16-5-1)40-23-14-25-49-52(40)45-34-38(28-31-48(45)55(49)39-19-8-3-9-20-39)37-27-30-47-44(33-37)42-21-10-12-24-46(42)56(47)50-32-29-41(36-17-6-2-7-18-36)53-43-22-11-13-26-51(43)57-54(50)53/h1-34H. The Morgan fingerprint density at radius 3 is 1.61 bits per heavy atom. The zero-order valence-electron chi connectivity index (χ0n) is 30.9. The molecule has 0 spiro atoms. The van der Waals surface area contributed by atoms with Crippen LogP contribution in [0.5, 0.6) is 0 Å². The molecule has 0 atom stereocenters. The molecule has 0 N–H and O–H groups in total. The smallest absolute Gasteiger partial charge is 0.0641 e. The number of benzene rings is 9. The summed E-state index contributed by atoms with van der Waals surface area (Å²) in [5, 5.41) is 7.65. The zero-order chi connectivity index (χ0) is 37.5. The molecule has 0 amide bonds. The lowest BCUT2D eigenvalue weighted by molar-refractivity contribution is 1.18. The fourth-order valence-corrected chi connectivity index (χ4v) is 10.5. The van der Waals surface area contributed by atoms with Crippen molar-refractivity contribution in [3.8, 4) is 44.8 Å². The van der Waals surface area contributed by atoms with E-state index >= 15 is 0 Å². The largest absolute Gasteiger partial charge is 0.309 e. The Bertz CT molecular complexity index is 3500. The SMILES string of the molecule is c1ccc(-c2ccc(-n3c4ccccc4c4cc(-c5ccc6c(c5)c5c(-c7ccccc7)cccc5n6-c5ccccc5)ccc43)c3sc4ccccc4c23)cc1. The highest BCUT2D eigenvalue weighted by atomic mass is 32.1. The molecule has 266 valence electrons. The van der Waals surface area contributed by atoms with Gasteiger partial charge in [0.05, 0.1) is 32.5 Å². The monoisotopic (exact) mass is 742 g/mol. The van der Waals surface area contributed by atoms with E-state index in [2.05, 4.69) is 215 Å². The maximum Gasteiger partial charge on any atom is 0.0641 e. The molecular weight excluding hydrogens is 709 g/mol. The van der Waals surface area contributed by atoms with E-state index in [1.54, 1.807) is 0 Å². The summed E-state index contributed by atoms with van der Waals surface area (Å²) in [4.78, 5) is 0. The van der Waals surface area contributed by atoms with Crippen molar-refractivity contribution in [1.82, 2.24) is 9.13 Å². The van der Waals surface area contributed by atoms with Crippen molar-refractivity contribution in [1.29, 1.82) is 0 Å². The van der Waals surface area contributed by atoms with Gasteiger partial charge in [-0.2, -0.15) is 0 Å². The van der Waals surface area contributed by atoms with Gasteiger partial charge in [0.1, 0.15) is 0 Å². The van der Waals surface area contributed by atoms with Crippen molar-refractivity contribution < 1.29 is 0 Å². The molecule has 9 aromatic carbocycles. The first kappa shape index (κ1) is 32.1. The molecule has 0 aliphatic carbocycles. The number of thiophene rings is 1. The van der Waals surface area contributed by atoms with Gasteiger partial charge in [-0.15, -0.1) is 11.3 Å². The number of fused-ring (bicyclic) bond motifs is 9. The normalized spacial score (nSPS) is 11.9. The van der Waals surface area contributed by atoms with E-state index in [0.29, 0.717) is 0 Å². The van der Waals surface area contributed by atoms with E-state index < -0.39 is 0 Å². The second-order valence-electron chi connectivity index (χ2n) is 14.9. The zero-order valence-corrected chi connectivity index (χ0v) is 31.7. The number of hydrogen-bond acceptors (Lipinski definition) is 1. The van der Waals surface area contributed by atoms with Crippen LogP contribution in [0.4, 0.5) is 0 Å². The lowest BCUT2D eigenvalue weighted by atomic mass is 9.97. The predicted octanol–water partition coefficient (Wildman–Crippen LogP) is 15.2. The molecule has 3 aromatic heterocycles. The van der Waals surface area contributed by atoms with Gasteiger partial charge in [0, 0.05) is 42.7 Å². The number of rotatable bonds is 5. The minimum Gasteiger partial charge on any atom is -0.309 e. The number of hydrogen-bond donors (Lipinski definition) is 0. The van der Waals surface area contributed by atoms with Gasteiger partial charge < -0.3 is 9.13 Å². The van der Waals surface area contributed by atoms with Crippen LogP contribution >= 0.6 is 11.3 Å². The summed E-state index contributed by atoms with van der Waals surface area (Å²) in [5.41, 5.74) is 14.6. The topological polar surface area (TPSA) is 9.86 Å². The molecule has 3 heterocycles. The van der Waals surface area contributed by atoms with Crippen LogP contribution in [0, 0.1) is 0 Å². The molecule has 0 fully saturated rings. The summed E-state index contributed by atoms with van der Waals surface area (Å²) < 4.78 is 7.51. The second kappa shape index (κ2) is 12.7. The second-order valence-corrected chi connectivity index (χ2v) is 15.9. The molecule has 0 saturated carbocycles. The molecule has 0 saturated heterocycles. The third-order valence-electron chi connectivity index (χ3n) is 11.7. The molecule has 0 aliphatic heterocycles. The fraction of sp³-hybridized carbons (Fsp3) is 0. The van der Waals surface area contributed by atoms with Gasteiger partial charge in [0.15, 0.2) is 0 Å². The Labute approximate surface area is 333 Å². The maximum absolute atomic E-state index is 2.49. The van der Waals surface area contributed by atoms with E-state index in [-0.39, 0.29) is 0 Å². The summed E-state index contributed by atoms with van der Waals surface area (Å²) in [6, 6.07) is 75.5. The molecule has 12 aromatic rings. The van der Waals surface area contributed by atoms with Crippen molar-refractivity contribution in [3.63, 3.8) is 0 Å². The average Bonchev–Trinajstić information content (AvgIpc) is 3.95. The highest BCUT2D eigenvalue weighted by Gasteiger charge is 2.21. The fourth-order valence-electron chi connectivity index (χ4n) is 9.22. The molecular formula is C54H34N2S. The third-order valence-corrected chi connectivity index (χ3v) is 12.9. The highest BCUT2D eigenvalue weighted by Crippen LogP contribution is 2.46. The van der Waals surface area contributed by atoms with Crippen LogP contribution in [0.2, 0.25) is 0 Å². The molecule has 2 nitrogen and oxygen atoms in total. The van der Waals surface area contributed by atoms with Gasteiger partial charge in [-0.1, -0.05) is 146 Å². The molecule has 0 unspecified atom stereocenters. The van der Waals surface area contributed by atoms with Crippen LogP contribution in [0.25, 0.3) is 109 Å². The van der Waals surface area contributed by atoms with Gasteiger partial charge >= 0.3 is 0 Å². The Balaban J connectivity index is 1.09. The van der Waals surface area contributed by atoms with Crippen molar-refractivity contribution in [2.75, 3.05) is 0 Å². The lowest BCUT2D eigenvalue weighted by Gasteiger charge is -2.13. The van der Waals surface area contributed by atoms with Crippen molar-refractivity contribution in [2.24, 2.45) is 0 Å². The highest BCUT2D eigenvalue weighted by molar-refractivity contribution is 7.26. The number of para-hydroxylation sites is 2. The Kier molecular flexibility index (Phi) is 7.13. The van der Waals surface area contributed by atoms with Crippen LogP contribution in [0.3, 0.4) is 0 Å². The minimum absolute atomic E-state index is 1.16. The average molecular weight is 743 g/mol. The van der Waals surface area contributed by atoms with Gasteiger partial charge in [-0.05, 0) is 94.0 Å². The number of nitrogens with zero attached hydrogens (tertiary/aromatic N) is 2. The van der Waals surface area contributed by atoms with E-state index in [4.69, 9.17) is 0 Å². The number of aromatic nitrogens is 2. The van der Waals surface area contributed by atoms with Crippen LogP contribution in [-0.4, -0.2) is 9.13 Å². The maximum atomic E-state index is 2.49. The molecule has 57 heavy (non-hydrogen) atoms. The lowest BCUT2D eigenvalue weighted by Crippen LogP contribution is -1.95. The summed E-state index contributed by atoms with van der Waals surface area (Å²) in [7, 11) is 0. The van der Waals surface area contributed by atoms with Gasteiger partial charge in [0.2, 0.25) is 0 Å². The van der Waals surface area contributed by atoms with Crippen LogP contribution in [0.1, 0.15) is 0 Å². The summed E-state index contributed by atoms with van der Waals surface area (Å²) in [6.45, 7) is 0. The van der Waals surface area contributed by atoms with Crippen LogP contribution in [-0.2, 0) is 0 Å². The first-order valence-electron chi connectivity index (χ1n) is 19.5. The Morgan fingerprint density at radius 2 is 0.877 bits per heavy atom. The first-order valence-corrected chi connectivity index (χ1v) is 20.3. The van der Waals surface area contributed by atoms with Gasteiger partial charge in [0.25, 0.3) is 0 Å². The van der Waals surface area contributed by atoms with Crippen LogP contribution in [0.15, 0.2) is 206 Å². The summed E-state index contributed by atoms with van der Waals surface area (Å²) in [6.07, 6.45) is 0. The molecule has 0 bridgehead atoms. The van der Waals surface area contributed by atoms with E-state index in [1.807, 2.05) is 11.3 Å². The van der Waals surface area contributed by atoms with E-state index in [1.165, 1.54) is 103 Å². The van der Waals surface area contributed by atoms with Crippen molar-refractivity contribution >= 4 is 75.1 Å². The first-order chi connectivity index (χ1) is 28.3. The Hall–Kier alpha value is -7.20. The molecule has 0 radical (unpaired) electrons. The summed E-state index contributed by atoms with van der Waals surface area (Å²) >= 11 is 1.89. The Morgan fingerprint density at radius 1 is 0.316 bits per heavy atom.